The molecule has 9 nitrogen and oxygen atoms in total. The SMILES string of the molecule is Cn1c(=O)c2c(nc(N3CCN(C(=O)Cc4cccs4)CC3)n2Cc2ccccc2)n(C)c1=O. The predicted octanol–water partition coefficient (Wildman–Crippen LogP) is 1.43. The molecule has 3 aromatic heterocycles. The number of carbonyl (C=O) groups excluding carboxylic acids is 1. The summed E-state index contributed by atoms with van der Waals surface area (Å²) in [6.07, 6.45) is 0.419. The molecule has 4 heterocycles. The van der Waals surface area contributed by atoms with Crippen molar-refractivity contribution in [2.75, 3.05) is 31.1 Å². The second-order valence-electron chi connectivity index (χ2n) is 8.49. The number of aromatic nitrogens is 4. The molecule has 5 rings (SSSR count). The smallest absolute Gasteiger partial charge is 0.332 e. The Morgan fingerprint density at radius 3 is 2.38 bits per heavy atom. The first-order chi connectivity index (χ1) is 16.4. The number of piperazine rings is 1. The van der Waals surface area contributed by atoms with Gasteiger partial charge in [-0.2, -0.15) is 4.98 Å². The molecule has 0 atom stereocenters. The standard InChI is InChI=1S/C24H26N6O3S/c1-26-21-20(22(32)27(2)24(26)33)30(16-17-7-4-3-5-8-17)23(25-21)29-12-10-28(11-13-29)19(31)15-18-9-6-14-34-18/h3-9,14H,10-13,15-16H2,1-2H3. The van der Waals surface area contributed by atoms with Crippen molar-refractivity contribution < 1.29 is 4.79 Å². The van der Waals surface area contributed by atoms with Crippen LogP contribution in [0.25, 0.3) is 11.2 Å². The summed E-state index contributed by atoms with van der Waals surface area (Å²) >= 11 is 1.59. The van der Waals surface area contributed by atoms with Crippen LogP contribution in [0, 0.1) is 0 Å². The van der Waals surface area contributed by atoms with Crippen LogP contribution >= 0.6 is 11.3 Å². The number of rotatable bonds is 5. The highest BCUT2D eigenvalue weighted by atomic mass is 32.1. The summed E-state index contributed by atoms with van der Waals surface area (Å²) in [5, 5.41) is 1.98. The van der Waals surface area contributed by atoms with E-state index < -0.39 is 5.69 Å². The highest BCUT2D eigenvalue weighted by molar-refractivity contribution is 7.10. The quantitative estimate of drug-likeness (QED) is 0.433. The van der Waals surface area contributed by atoms with E-state index in [0.717, 1.165) is 15.0 Å². The average molecular weight is 479 g/mol. The van der Waals surface area contributed by atoms with Gasteiger partial charge in [0.25, 0.3) is 5.56 Å². The maximum absolute atomic E-state index is 13.1. The number of hydrogen-bond acceptors (Lipinski definition) is 6. The summed E-state index contributed by atoms with van der Waals surface area (Å²) in [5.74, 6) is 0.763. The molecule has 0 aliphatic carbocycles. The minimum Gasteiger partial charge on any atom is -0.339 e. The molecule has 1 amide bonds. The molecule has 1 fully saturated rings. The summed E-state index contributed by atoms with van der Waals surface area (Å²) in [5.41, 5.74) is 1.04. The fraction of sp³-hybridized carbons (Fsp3) is 0.333. The third kappa shape index (κ3) is 3.94. The van der Waals surface area contributed by atoms with Crippen molar-refractivity contribution in [3.05, 3.63) is 79.1 Å². The number of imidazole rings is 1. The minimum atomic E-state index is -0.405. The van der Waals surface area contributed by atoms with Crippen molar-refractivity contribution in [3.8, 4) is 0 Å². The van der Waals surface area contributed by atoms with Gasteiger partial charge in [0.1, 0.15) is 0 Å². The first-order valence-electron chi connectivity index (χ1n) is 11.2. The largest absolute Gasteiger partial charge is 0.339 e. The Bertz CT molecular complexity index is 1440. The number of aryl methyl sites for hydroxylation is 1. The van der Waals surface area contributed by atoms with Crippen LogP contribution in [0.5, 0.6) is 0 Å². The topological polar surface area (TPSA) is 85.4 Å². The lowest BCUT2D eigenvalue weighted by Crippen LogP contribution is -2.50. The molecule has 10 heteroatoms. The lowest BCUT2D eigenvalue weighted by molar-refractivity contribution is -0.130. The normalized spacial score (nSPS) is 14.2. The Labute approximate surface area is 200 Å². The Morgan fingerprint density at radius 1 is 0.971 bits per heavy atom. The van der Waals surface area contributed by atoms with Gasteiger partial charge in [-0.3, -0.25) is 23.3 Å². The van der Waals surface area contributed by atoms with Crippen molar-refractivity contribution in [2.24, 2.45) is 14.1 Å². The molecule has 0 radical (unpaired) electrons. The van der Waals surface area contributed by atoms with Crippen LogP contribution in [0.1, 0.15) is 10.4 Å². The summed E-state index contributed by atoms with van der Waals surface area (Å²) in [4.78, 5) is 48.2. The Balaban J connectivity index is 1.48. The monoisotopic (exact) mass is 478 g/mol. The molecule has 1 saturated heterocycles. The van der Waals surface area contributed by atoms with Gasteiger partial charge in [0, 0.05) is 45.2 Å². The van der Waals surface area contributed by atoms with Crippen LogP contribution in [-0.4, -0.2) is 55.7 Å². The summed E-state index contributed by atoms with van der Waals surface area (Å²) in [6.45, 7) is 2.81. The van der Waals surface area contributed by atoms with Crippen molar-refractivity contribution in [1.82, 2.24) is 23.6 Å². The van der Waals surface area contributed by atoms with E-state index in [1.807, 2.05) is 57.3 Å². The van der Waals surface area contributed by atoms with E-state index >= 15 is 0 Å². The van der Waals surface area contributed by atoms with E-state index in [1.54, 1.807) is 18.4 Å². The van der Waals surface area contributed by atoms with Gasteiger partial charge in [-0.25, -0.2) is 4.79 Å². The van der Waals surface area contributed by atoms with Gasteiger partial charge >= 0.3 is 5.69 Å². The van der Waals surface area contributed by atoms with Crippen LogP contribution < -0.4 is 16.1 Å². The molecule has 0 bridgehead atoms. The molecule has 1 aliphatic heterocycles. The van der Waals surface area contributed by atoms with E-state index in [2.05, 4.69) is 4.90 Å². The predicted molar refractivity (Wildman–Crippen MR) is 133 cm³/mol. The number of hydrogen-bond donors (Lipinski definition) is 0. The van der Waals surface area contributed by atoms with Crippen LogP contribution in [-0.2, 0) is 31.9 Å². The van der Waals surface area contributed by atoms with Gasteiger partial charge in [0.05, 0.1) is 13.0 Å². The number of nitrogens with zero attached hydrogens (tertiary/aromatic N) is 6. The molecule has 0 N–H and O–H groups in total. The van der Waals surface area contributed by atoms with E-state index in [1.165, 1.54) is 11.6 Å². The lowest BCUT2D eigenvalue weighted by Gasteiger charge is -2.35. The van der Waals surface area contributed by atoms with Gasteiger partial charge in [0.2, 0.25) is 11.9 Å². The zero-order chi connectivity index (χ0) is 23.8. The van der Waals surface area contributed by atoms with Crippen LogP contribution in [0.3, 0.4) is 0 Å². The summed E-state index contributed by atoms with van der Waals surface area (Å²) in [7, 11) is 3.12. The van der Waals surface area contributed by atoms with Crippen molar-refractivity contribution in [3.63, 3.8) is 0 Å². The highest BCUT2D eigenvalue weighted by Crippen LogP contribution is 2.23. The molecular weight excluding hydrogens is 452 g/mol. The molecule has 1 aliphatic rings. The van der Waals surface area contributed by atoms with Crippen molar-refractivity contribution in [2.45, 2.75) is 13.0 Å². The number of thiophene rings is 1. The van der Waals surface area contributed by atoms with E-state index in [9.17, 15) is 14.4 Å². The van der Waals surface area contributed by atoms with Crippen LogP contribution in [0.4, 0.5) is 5.95 Å². The molecule has 4 aromatic rings. The zero-order valence-corrected chi connectivity index (χ0v) is 20.0. The molecule has 0 spiro atoms. The van der Waals surface area contributed by atoms with Crippen molar-refractivity contribution >= 4 is 34.4 Å². The summed E-state index contributed by atoms with van der Waals surface area (Å²) in [6, 6.07) is 13.8. The van der Waals surface area contributed by atoms with Gasteiger partial charge < -0.3 is 9.80 Å². The third-order valence-corrected chi connectivity index (χ3v) is 7.21. The fourth-order valence-electron chi connectivity index (χ4n) is 4.42. The zero-order valence-electron chi connectivity index (χ0n) is 19.2. The van der Waals surface area contributed by atoms with Crippen LogP contribution in [0.2, 0.25) is 0 Å². The fourth-order valence-corrected chi connectivity index (χ4v) is 5.12. The molecule has 0 unspecified atom stereocenters. The maximum Gasteiger partial charge on any atom is 0.332 e. The van der Waals surface area contributed by atoms with Gasteiger partial charge in [-0.05, 0) is 17.0 Å². The number of fused-ring (bicyclic) bond motifs is 1. The van der Waals surface area contributed by atoms with Gasteiger partial charge in [-0.1, -0.05) is 36.4 Å². The van der Waals surface area contributed by atoms with E-state index in [0.29, 0.717) is 56.3 Å². The Kier molecular flexibility index (Phi) is 5.82. The molecular formula is C24H26N6O3S. The molecule has 0 saturated carbocycles. The molecule has 34 heavy (non-hydrogen) atoms. The maximum atomic E-state index is 13.1. The van der Waals surface area contributed by atoms with Gasteiger partial charge in [0.15, 0.2) is 11.2 Å². The van der Waals surface area contributed by atoms with Crippen LogP contribution in [0.15, 0.2) is 57.4 Å². The number of amides is 1. The second-order valence-corrected chi connectivity index (χ2v) is 9.52. The average Bonchev–Trinajstić information content (AvgIpc) is 3.50. The van der Waals surface area contributed by atoms with E-state index in [4.69, 9.17) is 4.98 Å². The second kappa shape index (κ2) is 8.94. The Morgan fingerprint density at radius 2 is 1.71 bits per heavy atom. The van der Waals surface area contributed by atoms with E-state index in [-0.39, 0.29) is 11.5 Å². The number of carbonyl (C=O) groups is 1. The number of anilines is 1. The number of benzene rings is 1. The first kappa shape index (κ1) is 22.1. The molecule has 1 aromatic carbocycles. The van der Waals surface area contributed by atoms with Crippen molar-refractivity contribution in [1.29, 1.82) is 0 Å². The third-order valence-electron chi connectivity index (χ3n) is 6.33. The first-order valence-corrected chi connectivity index (χ1v) is 12.1. The Hall–Kier alpha value is -3.66. The summed E-state index contributed by atoms with van der Waals surface area (Å²) < 4.78 is 4.44. The minimum absolute atomic E-state index is 0.121. The lowest BCUT2D eigenvalue weighted by atomic mass is 10.2. The van der Waals surface area contributed by atoms with Gasteiger partial charge in [-0.15, -0.1) is 11.3 Å². The highest BCUT2D eigenvalue weighted by Gasteiger charge is 2.27. The molecule has 176 valence electrons.